The Kier molecular flexibility index (Phi) is 5.03. The highest BCUT2D eigenvalue weighted by molar-refractivity contribution is 5.24. The molecule has 1 saturated heterocycles. The molecule has 0 saturated carbocycles. The molecule has 1 aliphatic rings. The van der Waals surface area contributed by atoms with Gasteiger partial charge in [0.25, 0.3) is 0 Å². The van der Waals surface area contributed by atoms with E-state index in [0.29, 0.717) is 6.54 Å². The van der Waals surface area contributed by atoms with E-state index >= 15 is 0 Å². The first-order chi connectivity index (χ1) is 12.2. The van der Waals surface area contributed by atoms with Gasteiger partial charge >= 0.3 is 6.18 Å². The van der Waals surface area contributed by atoms with Gasteiger partial charge < -0.3 is 5.11 Å². The van der Waals surface area contributed by atoms with Crippen LogP contribution in [-0.2, 0) is 6.54 Å². The zero-order valence-corrected chi connectivity index (χ0v) is 13.8. The predicted molar refractivity (Wildman–Crippen MR) is 86.2 cm³/mol. The number of hydrogen-bond donors (Lipinski definition) is 1. The molecule has 2 nitrogen and oxygen atoms in total. The Bertz CT molecular complexity index is 764. The van der Waals surface area contributed by atoms with Crippen molar-refractivity contribution in [2.45, 2.75) is 37.2 Å². The van der Waals surface area contributed by atoms with E-state index in [4.69, 9.17) is 0 Å². The quantitative estimate of drug-likeness (QED) is 0.798. The third kappa shape index (κ3) is 3.73. The summed E-state index contributed by atoms with van der Waals surface area (Å²) in [7, 11) is 0. The zero-order chi connectivity index (χ0) is 18.9. The molecule has 0 aliphatic carbocycles. The summed E-state index contributed by atoms with van der Waals surface area (Å²) >= 11 is 0. The molecule has 0 aromatic heterocycles. The average molecular weight is 371 g/mol. The number of nitrogens with zero attached hydrogens (tertiary/aromatic N) is 1. The molecule has 0 radical (unpaired) electrons. The summed E-state index contributed by atoms with van der Waals surface area (Å²) in [4.78, 5) is 1.75. The van der Waals surface area contributed by atoms with E-state index in [1.807, 2.05) is 30.3 Å². The summed E-state index contributed by atoms with van der Waals surface area (Å²) in [6.45, 7) is 0.326. The fraction of sp³-hybridized carbons (Fsp3) is 0.368. The molecule has 3 rings (SSSR count). The lowest BCUT2D eigenvalue weighted by Gasteiger charge is -2.44. The Balaban J connectivity index is 1.94. The molecule has 1 fully saturated rings. The fourth-order valence-corrected chi connectivity index (χ4v) is 3.35. The van der Waals surface area contributed by atoms with Crippen molar-refractivity contribution in [3.8, 4) is 0 Å². The van der Waals surface area contributed by atoms with Gasteiger partial charge in [0.1, 0.15) is 0 Å². The van der Waals surface area contributed by atoms with Gasteiger partial charge in [-0.15, -0.1) is 0 Å². The minimum atomic E-state index is -4.79. The molecular formula is C19H18F5NO. The van der Waals surface area contributed by atoms with Crippen LogP contribution in [0.3, 0.4) is 0 Å². The van der Waals surface area contributed by atoms with Crippen LogP contribution in [0, 0.1) is 11.6 Å². The molecule has 2 unspecified atom stereocenters. The average Bonchev–Trinajstić information content (AvgIpc) is 2.59. The lowest BCUT2D eigenvalue weighted by molar-refractivity contribution is -0.278. The van der Waals surface area contributed by atoms with Crippen LogP contribution in [0.4, 0.5) is 22.0 Å². The number of alkyl halides is 3. The van der Waals surface area contributed by atoms with Crippen molar-refractivity contribution in [1.29, 1.82) is 0 Å². The smallest absolute Gasteiger partial charge is 0.380 e. The SMILES string of the molecule is OC1(C(F)(F)F)CCN(Cc2ccccc2)C(c2ccc(F)c(F)c2)C1. The van der Waals surface area contributed by atoms with Crippen molar-refractivity contribution in [2.24, 2.45) is 0 Å². The molecule has 1 N–H and O–H groups in total. The molecule has 140 valence electrons. The van der Waals surface area contributed by atoms with Crippen LogP contribution in [0.15, 0.2) is 48.5 Å². The molecule has 0 amide bonds. The molecule has 2 aromatic rings. The van der Waals surface area contributed by atoms with Crippen LogP contribution in [0.2, 0.25) is 0 Å². The molecule has 2 atom stereocenters. The Labute approximate surface area is 147 Å². The second kappa shape index (κ2) is 6.96. The summed E-state index contributed by atoms with van der Waals surface area (Å²) < 4.78 is 66.8. The van der Waals surface area contributed by atoms with Gasteiger partial charge in [-0.25, -0.2) is 8.78 Å². The highest BCUT2D eigenvalue weighted by Crippen LogP contribution is 2.45. The number of rotatable bonds is 3. The van der Waals surface area contributed by atoms with Crippen LogP contribution >= 0.6 is 0 Å². The number of likely N-dealkylation sites (tertiary alicyclic amines) is 1. The van der Waals surface area contributed by atoms with E-state index < -0.39 is 42.3 Å². The molecule has 2 aromatic carbocycles. The molecule has 7 heteroatoms. The van der Waals surface area contributed by atoms with Gasteiger partial charge in [0.05, 0.1) is 0 Å². The first kappa shape index (κ1) is 18.8. The first-order valence-electron chi connectivity index (χ1n) is 8.22. The molecular weight excluding hydrogens is 353 g/mol. The summed E-state index contributed by atoms with van der Waals surface area (Å²) in [5.41, 5.74) is -1.75. The van der Waals surface area contributed by atoms with E-state index in [1.165, 1.54) is 6.07 Å². The van der Waals surface area contributed by atoms with Crippen LogP contribution in [0.5, 0.6) is 0 Å². The maximum Gasteiger partial charge on any atom is 0.417 e. The van der Waals surface area contributed by atoms with Crippen LogP contribution in [0.1, 0.15) is 30.0 Å². The molecule has 1 heterocycles. The summed E-state index contributed by atoms with van der Waals surface area (Å²) in [5.74, 6) is -2.19. The van der Waals surface area contributed by atoms with Crippen LogP contribution in [0.25, 0.3) is 0 Å². The standard InChI is InChI=1S/C19H18F5NO/c20-15-7-6-14(10-16(15)21)17-11-18(26,19(22,23)24)8-9-25(17)12-13-4-2-1-3-5-13/h1-7,10,17,26H,8-9,11-12H2. The Morgan fingerprint density at radius 3 is 2.35 bits per heavy atom. The third-order valence-corrected chi connectivity index (χ3v) is 4.87. The number of piperidine rings is 1. The van der Waals surface area contributed by atoms with E-state index in [9.17, 15) is 27.1 Å². The zero-order valence-electron chi connectivity index (χ0n) is 13.8. The predicted octanol–water partition coefficient (Wildman–Crippen LogP) is 4.60. The first-order valence-corrected chi connectivity index (χ1v) is 8.22. The van der Waals surface area contributed by atoms with Gasteiger partial charge in [0.2, 0.25) is 0 Å². The topological polar surface area (TPSA) is 23.5 Å². The largest absolute Gasteiger partial charge is 0.417 e. The van der Waals surface area contributed by atoms with E-state index in [-0.39, 0.29) is 12.1 Å². The second-order valence-electron chi connectivity index (χ2n) is 6.63. The number of hydrogen-bond acceptors (Lipinski definition) is 2. The van der Waals surface area contributed by atoms with Crippen molar-refractivity contribution in [1.82, 2.24) is 4.90 Å². The van der Waals surface area contributed by atoms with Gasteiger partial charge in [-0.1, -0.05) is 36.4 Å². The number of halogens is 5. The van der Waals surface area contributed by atoms with Crippen LogP contribution < -0.4 is 0 Å². The Morgan fingerprint density at radius 1 is 1.04 bits per heavy atom. The summed E-state index contributed by atoms with van der Waals surface area (Å²) in [6, 6.07) is 11.3. The second-order valence-corrected chi connectivity index (χ2v) is 6.63. The van der Waals surface area contributed by atoms with Crippen molar-refractivity contribution in [3.05, 3.63) is 71.3 Å². The maximum atomic E-state index is 13.6. The van der Waals surface area contributed by atoms with Gasteiger partial charge in [-0.3, -0.25) is 4.90 Å². The minimum Gasteiger partial charge on any atom is -0.380 e. The van der Waals surface area contributed by atoms with Crippen molar-refractivity contribution >= 4 is 0 Å². The number of aliphatic hydroxyl groups is 1. The maximum absolute atomic E-state index is 13.6. The van der Waals surface area contributed by atoms with E-state index in [0.717, 1.165) is 17.7 Å². The van der Waals surface area contributed by atoms with E-state index in [1.54, 1.807) is 4.90 Å². The Morgan fingerprint density at radius 2 is 1.73 bits per heavy atom. The lowest BCUT2D eigenvalue weighted by atomic mass is 9.82. The van der Waals surface area contributed by atoms with E-state index in [2.05, 4.69) is 0 Å². The monoisotopic (exact) mass is 371 g/mol. The molecule has 0 spiro atoms. The fourth-order valence-electron chi connectivity index (χ4n) is 3.35. The lowest BCUT2D eigenvalue weighted by Crippen LogP contribution is -2.54. The summed E-state index contributed by atoms with van der Waals surface area (Å²) in [6.07, 6.45) is -5.89. The minimum absolute atomic E-state index is 0.0193. The number of benzene rings is 2. The Hall–Kier alpha value is -1.99. The van der Waals surface area contributed by atoms with Crippen molar-refractivity contribution in [2.75, 3.05) is 6.54 Å². The van der Waals surface area contributed by atoms with Gasteiger partial charge in [0.15, 0.2) is 17.2 Å². The van der Waals surface area contributed by atoms with Gasteiger partial charge in [0, 0.05) is 25.6 Å². The van der Waals surface area contributed by atoms with Gasteiger partial charge in [-0.05, 0) is 29.7 Å². The third-order valence-electron chi connectivity index (χ3n) is 4.87. The normalized spacial score (nSPS) is 24.6. The van der Waals surface area contributed by atoms with Crippen LogP contribution in [-0.4, -0.2) is 28.3 Å². The van der Waals surface area contributed by atoms with Gasteiger partial charge in [-0.2, -0.15) is 13.2 Å². The molecule has 26 heavy (non-hydrogen) atoms. The highest BCUT2D eigenvalue weighted by atomic mass is 19.4. The molecule has 1 aliphatic heterocycles. The highest BCUT2D eigenvalue weighted by Gasteiger charge is 2.56. The summed E-state index contributed by atoms with van der Waals surface area (Å²) in [5, 5.41) is 10.1. The van der Waals surface area contributed by atoms with Crippen molar-refractivity contribution in [3.63, 3.8) is 0 Å². The molecule has 0 bridgehead atoms. The van der Waals surface area contributed by atoms with Crippen molar-refractivity contribution < 1.29 is 27.1 Å².